The van der Waals surface area contributed by atoms with E-state index in [-0.39, 0.29) is 6.61 Å². The second-order valence-corrected chi connectivity index (χ2v) is 5.07. The molecule has 0 aliphatic rings. The number of nitrogens with one attached hydrogen (secondary N) is 1. The Hall–Kier alpha value is -2.11. The maximum atomic E-state index is 6.11. The molecule has 0 aliphatic carbocycles. The fraction of sp³-hybridized carbons (Fsp3) is 0.0714. The molecular formula is C14H10Cl2N4O. The van der Waals surface area contributed by atoms with Crippen molar-refractivity contribution in [2.75, 3.05) is 0 Å². The minimum atomic E-state index is 0.286. The van der Waals surface area contributed by atoms with E-state index in [1.165, 1.54) is 0 Å². The van der Waals surface area contributed by atoms with Gasteiger partial charge >= 0.3 is 0 Å². The van der Waals surface area contributed by atoms with Gasteiger partial charge in [-0.25, -0.2) is 0 Å². The minimum absolute atomic E-state index is 0.286. The van der Waals surface area contributed by atoms with E-state index < -0.39 is 0 Å². The van der Waals surface area contributed by atoms with Gasteiger partial charge in [0.1, 0.15) is 12.4 Å². The van der Waals surface area contributed by atoms with Crippen molar-refractivity contribution in [2.45, 2.75) is 6.61 Å². The van der Waals surface area contributed by atoms with Gasteiger partial charge in [0.05, 0.1) is 0 Å². The Morgan fingerprint density at radius 1 is 1.05 bits per heavy atom. The van der Waals surface area contributed by atoms with E-state index in [0.717, 1.165) is 11.1 Å². The first-order valence-corrected chi connectivity index (χ1v) is 6.89. The Balaban J connectivity index is 1.78. The molecule has 0 aliphatic heterocycles. The zero-order valence-corrected chi connectivity index (χ0v) is 12.3. The highest BCUT2D eigenvalue weighted by molar-refractivity contribution is 6.35. The van der Waals surface area contributed by atoms with E-state index in [1.807, 2.05) is 24.3 Å². The van der Waals surface area contributed by atoms with Crippen LogP contribution in [0.25, 0.3) is 11.4 Å². The number of aromatic nitrogens is 4. The SMILES string of the molecule is Clc1cccc(Cl)c1COc1cccc(-c2nn[nH]n2)c1. The molecule has 1 heterocycles. The van der Waals surface area contributed by atoms with E-state index in [1.54, 1.807) is 18.2 Å². The van der Waals surface area contributed by atoms with Crippen molar-refractivity contribution < 1.29 is 4.74 Å². The Bertz CT molecular complexity index is 726. The molecule has 5 nitrogen and oxygen atoms in total. The number of H-pyrrole nitrogens is 1. The molecular weight excluding hydrogens is 311 g/mol. The first kappa shape index (κ1) is 13.9. The number of halogens is 2. The molecule has 0 saturated heterocycles. The number of hydrogen-bond donors (Lipinski definition) is 1. The molecule has 0 bridgehead atoms. The smallest absolute Gasteiger partial charge is 0.204 e. The Kier molecular flexibility index (Phi) is 4.03. The van der Waals surface area contributed by atoms with Crippen molar-refractivity contribution in [1.82, 2.24) is 20.6 Å². The number of rotatable bonds is 4. The lowest BCUT2D eigenvalue weighted by Crippen LogP contribution is -1.97. The monoisotopic (exact) mass is 320 g/mol. The van der Waals surface area contributed by atoms with Crippen LogP contribution in [0.3, 0.4) is 0 Å². The zero-order valence-electron chi connectivity index (χ0n) is 10.8. The molecule has 0 unspecified atom stereocenters. The average Bonchev–Trinajstić information content (AvgIpc) is 3.01. The topological polar surface area (TPSA) is 63.7 Å². The molecule has 0 radical (unpaired) electrons. The standard InChI is InChI=1S/C14H10Cl2N4O/c15-12-5-2-6-13(16)11(12)8-21-10-4-1-3-9(7-10)14-17-19-20-18-14/h1-7H,8H2,(H,17,18,19,20). The molecule has 106 valence electrons. The molecule has 1 aromatic heterocycles. The van der Waals surface area contributed by atoms with Gasteiger partial charge in [-0.3, -0.25) is 0 Å². The lowest BCUT2D eigenvalue weighted by atomic mass is 10.2. The van der Waals surface area contributed by atoms with E-state index in [0.29, 0.717) is 21.6 Å². The summed E-state index contributed by atoms with van der Waals surface area (Å²) in [6, 6.07) is 12.8. The Morgan fingerprint density at radius 3 is 2.52 bits per heavy atom. The first-order valence-electron chi connectivity index (χ1n) is 6.13. The number of nitrogens with zero attached hydrogens (tertiary/aromatic N) is 3. The summed E-state index contributed by atoms with van der Waals surface area (Å²) in [4.78, 5) is 0. The lowest BCUT2D eigenvalue weighted by Gasteiger charge is -2.10. The van der Waals surface area contributed by atoms with Crippen LogP contribution in [0.5, 0.6) is 5.75 Å². The molecule has 1 N–H and O–H groups in total. The number of hydrogen-bond acceptors (Lipinski definition) is 4. The van der Waals surface area contributed by atoms with Gasteiger partial charge in [0.2, 0.25) is 5.82 Å². The Labute approximate surface area is 130 Å². The third-order valence-electron chi connectivity index (χ3n) is 2.88. The van der Waals surface area contributed by atoms with Crippen LogP contribution in [-0.4, -0.2) is 20.6 Å². The molecule has 21 heavy (non-hydrogen) atoms. The number of aromatic amines is 1. The van der Waals surface area contributed by atoms with Crippen LogP contribution < -0.4 is 4.74 Å². The van der Waals surface area contributed by atoms with Gasteiger partial charge in [0.15, 0.2) is 0 Å². The summed E-state index contributed by atoms with van der Waals surface area (Å²) in [5.74, 6) is 1.18. The van der Waals surface area contributed by atoms with Gasteiger partial charge in [-0.2, -0.15) is 5.21 Å². The molecule has 7 heteroatoms. The number of benzene rings is 2. The van der Waals surface area contributed by atoms with Crippen molar-refractivity contribution in [3.05, 3.63) is 58.1 Å². The molecule has 0 spiro atoms. The van der Waals surface area contributed by atoms with Crippen molar-refractivity contribution in [3.63, 3.8) is 0 Å². The largest absolute Gasteiger partial charge is 0.489 e. The second kappa shape index (κ2) is 6.11. The fourth-order valence-electron chi connectivity index (χ4n) is 1.83. The predicted octanol–water partition coefficient (Wildman–Crippen LogP) is 3.75. The molecule has 0 saturated carbocycles. The van der Waals surface area contributed by atoms with Gasteiger partial charge in [-0.05, 0) is 29.5 Å². The normalized spacial score (nSPS) is 10.6. The molecule has 0 amide bonds. The number of tetrazole rings is 1. The molecule has 2 aromatic carbocycles. The van der Waals surface area contributed by atoms with Crippen LogP contribution in [0, 0.1) is 0 Å². The van der Waals surface area contributed by atoms with Gasteiger partial charge in [-0.1, -0.05) is 41.4 Å². The summed E-state index contributed by atoms with van der Waals surface area (Å²) in [5, 5.41) is 15.0. The first-order chi connectivity index (χ1) is 10.2. The summed E-state index contributed by atoms with van der Waals surface area (Å²) in [6.07, 6.45) is 0. The molecule has 0 atom stereocenters. The molecule has 3 rings (SSSR count). The van der Waals surface area contributed by atoms with Crippen LogP contribution in [0.15, 0.2) is 42.5 Å². The van der Waals surface area contributed by atoms with Crippen LogP contribution in [-0.2, 0) is 6.61 Å². The van der Waals surface area contributed by atoms with E-state index >= 15 is 0 Å². The quantitative estimate of drug-likeness (QED) is 0.795. The zero-order chi connectivity index (χ0) is 14.7. The van der Waals surface area contributed by atoms with Crippen molar-refractivity contribution in [1.29, 1.82) is 0 Å². The van der Waals surface area contributed by atoms with Crippen LogP contribution in [0.4, 0.5) is 0 Å². The van der Waals surface area contributed by atoms with Crippen molar-refractivity contribution >= 4 is 23.2 Å². The third kappa shape index (κ3) is 3.15. The van der Waals surface area contributed by atoms with Crippen LogP contribution in [0.2, 0.25) is 10.0 Å². The van der Waals surface area contributed by atoms with Gasteiger partial charge in [-0.15, -0.1) is 10.2 Å². The lowest BCUT2D eigenvalue weighted by molar-refractivity contribution is 0.306. The summed E-state index contributed by atoms with van der Waals surface area (Å²) in [7, 11) is 0. The van der Waals surface area contributed by atoms with Gasteiger partial charge in [0, 0.05) is 21.2 Å². The minimum Gasteiger partial charge on any atom is -0.489 e. The second-order valence-electron chi connectivity index (χ2n) is 4.25. The van der Waals surface area contributed by atoms with Crippen LogP contribution >= 0.6 is 23.2 Å². The van der Waals surface area contributed by atoms with Gasteiger partial charge < -0.3 is 4.74 Å². The van der Waals surface area contributed by atoms with Crippen molar-refractivity contribution in [3.8, 4) is 17.1 Å². The van der Waals surface area contributed by atoms with E-state index in [9.17, 15) is 0 Å². The molecule has 3 aromatic rings. The fourth-order valence-corrected chi connectivity index (χ4v) is 2.34. The summed E-state index contributed by atoms with van der Waals surface area (Å²) in [6.45, 7) is 0.286. The van der Waals surface area contributed by atoms with Crippen molar-refractivity contribution in [2.24, 2.45) is 0 Å². The maximum absolute atomic E-state index is 6.11. The van der Waals surface area contributed by atoms with Crippen LogP contribution in [0.1, 0.15) is 5.56 Å². The Morgan fingerprint density at radius 2 is 1.81 bits per heavy atom. The number of ether oxygens (including phenoxy) is 1. The summed E-state index contributed by atoms with van der Waals surface area (Å²) in [5.41, 5.74) is 1.57. The predicted molar refractivity (Wildman–Crippen MR) is 80.4 cm³/mol. The van der Waals surface area contributed by atoms with Gasteiger partial charge in [0.25, 0.3) is 0 Å². The highest BCUT2D eigenvalue weighted by atomic mass is 35.5. The van der Waals surface area contributed by atoms with E-state index in [2.05, 4.69) is 20.6 Å². The summed E-state index contributed by atoms with van der Waals surface area (Å²) >= 11 is 12.2. The maximum Gasteiger partial charge on any atom is 0.204 e. The average molecular weight is 321 g/mol. The molecule has 0 fully saturated rings. The third-order valence-corrected chi connectivity index (χ3v) is 3.59. The highest BCUT2D eigenvalue weighted by Crippen LogP contribution is 2.27. The highest BCUT2D eigenvalue weighted by Gasteiger charge is 2.08. The summed E-state index contributed by atoms with van der Waals surface area (Å²) < 4.78 is 5.74. The van der Waals surface area contributed by atoms with E-state index in [4.69, 9.17) is 27.9 Å².